The number of nitrogens with zero attached hydrogens (tertiary/aromatic N) is 1. The van der Waals surface area contributed by atoms with Gasteiger partial charge >= 0.3 is 0 Å². The zero-order valence-electron chi connectivity index (χ0n) is 13.3. The molecule has 1 aromatic heterocycles. The molecule has 1 amide bonds. The van der Waals surface area contributed by atoms with Crippen molar-refractivity contribution in [1.29, 1.82) is 0 Å². The fourth-order valence-electron chi connectivity index (χ4n) is 3.33. The Morgan fingerprint density at radius 1 is 1.09 bits per heavy atom. The van der Waals surface area contributed by atoms with E-state index in [1.54, 1.807) is 9.69 Å². The van der Waals surface area contributed by atoms with Crippen molar-refractivity contribution in [2.24, 2.45) is 0 Å². The minimum Gasteiger partial charge on any atom is -0.349 e. The van der Waals surface area contributed by atoms with E-state index in [0.717, 1.165) is 44.9 Å². The zero-order chi connectivity index (χ0) is 16.3. The van der Waals surface area contributed by atoms with Crippen molar-refractivity contribution in [3.05, 3.63) is 16.3 Å². The summed E-state index contributed by atoms with van der Waals surface area (Å²) in [5.41, 5.74) is 0. The minimum atomic E-state index is -3.44. The zero-order valence-corrected chi connectivity index (χ0v) is 14.9. The van der Waals surface area contributed by atoms with Gasteiger partial charge in [-0.25, -0.2) is 8.42 Å². The number of nitrogens with one attached hydrogen (secondary N) is 1. The van der Waals surface area contributed by atoms with E-state index in [1.807, 2.05) is 0 Å². The van der Waals surface area contributed by atoms with E-state index in [4.69, 9.17) is 0 Å². The van der Waals surface area contributed by atoms with Crippen molar-refractivity contribution in [3.63, 3.8) is 0 Å². The van der Waals surface area contributed by atoms with Crippen LogP contribution in [0.15, 0.2) is 16.3 Å². The van der Waals surface area contributed by atoms with Gasteiger partial charge in [0, 0.05) is 24.5 Å². The summed E-state index contributed by atoms with van der Waals surface area (Å²) in [6, 6.07) is 1.77. The van der Waals surface area contributed by atoms with Gasteiger partial charge < -0.3 is 5.32 Å². The first-order valence-corrected chi connectivity index (χ1v) is 10.8. The Morgan fingerprint density at radius 3 is 2.43 bits per heavy atom. The molecule has 1 saturated carbocycles. The highest BCUT2D eigenvalue weighted by molar-refractivity contribution is 7.89. The summed E-state index contributed by atoms with van der Waals surface area (Å²) in [5, 5.41) is 4.64. The van der Waals surface area contributed by atoms with Crippen LogP contribution in [-0.4, -0.2) is 37.8 Å². The number of piperidine rings is 1. The lowest BCUT2D eigenvalue weighted by atomic mass is 9.95. The van der Waals surface area contributed by atoms with Crippen molar-refractivity contribution in [1.82, 2.24) is 9.62 Å². The molecule has 2 fully saturated rings. The molecule has 0 unspecified atom stereocenters. The Morgan fingerprint density at radius 2 is 1.74 bits per heavy atom. The predicted molar refractivity (Wildman–Crippen MR) is 91.3 cm³/mol. The average Bonchev–Trinajstić information content (AvgIpc) is 3.07. The highest BCUT2D eigenvalue weighted by Gasteiger charge is 2.28. The number of carbonyl (C=O) groups is 1. The molecule has 2 heterocycles. The van der Waals surface area contributed by atoms with Gasteiger partial charge in [0.05, 0.1) is 9.77 Å². The maximum Gasteiger partial charge on any atom is 0.261 e. The second kappa shape index (κ2) is 7.32. The smallest absolute Gasteiger partial charge is 0.261 e. The van der Waals surface area contributed by atoms with E-state index in [9.17, 15) is 13.2 Å². The first-order chi connectivity index (χ1) is 11.1. The predicted octanol–water partition coefficient (Wildman–Crippen LogP) is 2.99. The number of hydrogen-bond donors (Lipinski definition) is 1. The van der Waals surface area contributed by atoms with Crippen LogP contribution in [0.5, 0.6) is 0 Å². The molecule has 1 aliphatic heterocycles. The molecule has 7 heteroatoms. The van der Waals surface area contributed by atoms with Gasteiger partial charge in [-0.15, -0.1) is 11.3 Å². The maximum atomic E-state index is 12.6. The molecule has 23 heavy (non-hydrogen) atoms. The lowest BCUT2D eigenvalue weighted by Gasteiger charge is -2.25. The van der Waals surface area contributed by atoms with Crippen LogP contribution in [0.4, 0.5) is 0 Å². The van der Waals surface area contributed by atoms with E-state index in [0.29, 0.717) is 18.0 Å². The van der Waals surface area contributed by atoms with Crippen LogP contribution < -0.4 is 5.32 Å². The summed E-state index contributed by atoms with van der Waals surface area (Å²) in [6.45, 7) is 1.17. The highest BCUT2D eigenvalue weighted by Crippen LogP contribution is 2.26. The van der Waals surface area contributed by atoms with Gasteiger partial charge in [0.2, 0.25) is 10.0 Å². The second-order valence-electron chi connectivity index (χ2n) is 6.42. The number of sulfonamides is 1. The summed E-state index contributed by atoms with van der Waals surface area (Å²) in [4.78, 5) is 13.1. The molecule has 1 saturated heterocycles. The summed E-state index contributed by atoms with van der Waals surface area (Å²) in [6.07, 6.45) is 8.52. The fraction of sp³-hybridized carbons (Fsp3) is 0.688. The normalized spacial score (nSPS) is 21.2. The Balaban J connectivity index is 1.68. The fourth-order valence-corrected chi connectivity index (χ4v) is 6.01. The topological polar surface area (TPSA) is 66.5 Å². The third-order valence-corrected chi connectivity index (χ3v) is 7.65. The first-order valence-electron chi connectivity index (χ1n) is 8.47. The van der Waals surface area contributed by atoms with Gasteiger partial charge in [0.1, 0.15) is 0 Å². The summed E-state index contributed by atoms with van der Waals surface area (Å²) < 4.78 is 26.8. The molecule has 0 radical (unpaired) electrons. The van der Waals surface area contributed by atoms with Crippen LogP contribution in [0.25, 0.3) is 0 Å². The van der Waals surface area contributed by atoms with Crippen LogP contribution in [0.3, 0.4) is 0 Å². The number of amides is 1. The number of carbonyl (C=O) groups excluding carboxylic acids is 1. The van der Waals surface area contributed by atoms with Gasteiger partial charge in [0.25, 0.3) is 5.91 Å². The third kappa shape index (κ3) is 3.95. The Bertz CT molecular complexity index is 642. The van der Waals surface area contributed by atoms with Gasteiger partial charge in [-0.3, -0.25) is 4.79 Å². The number of thiophene rings is 1. The van der Waals surface area contributed by atoms with Gasteiger partial charge in [-0.1, -0.05) is 25.7 Å². The molecule has 0 spiro atoms. The van der Waals surface area contributed by atoms with E-state index >= 15 is 0 Å². The van der Waals surface area contributed by atoms with Crippen molar-refractivity contribution in [2.75, 3.05) is 13.1 Å². The Labute approximate surface area is 142 Å². The molecular formula is C16H24N2O3S2. The maximum absolute atomic E-state index is 12.6. The largest absolute Gasteiger partial charge is 0.349 e. The molecule has 0 atom stereocenters. The quantitative estimate of drug-likeness (QED) is 0.902. The molecule has 128 valence electrons. The van der Waals surface area contributed by atoms with Crippen LogP contribution >= 0.6 is 11.3 Å². The van der Waals surface area contributed by atoms with E-state index in [2.05, 4.69) is 5.32 Å². The molecule has 1 aliphatic carbocycles. The number of rotatable bonds is 4. The molecule has 0 aromatic carbocycles. The van der Waals surface area contributed by atoms with E-state index in [1.165, 1.54) is 23.8 Å². The van der Waals surface area contributed by atoms with Gasteiger partial charge in [0.15, 0.2) is 0 Å². The van der Waals surface area contributed by atoms with Crippen molar-refractivity contribution >= 4 is 27.3 Å². The first kappa shape index (κ1) is 16.9. The van der Waals surface area contributed by atoms with Crippen LogP contribution in [0.1, 0.15) is 61.0 Å². The van der Waals surface area contributed by atoms with Crippen LogP contribution in [0.2, 0.25) is 0 Å². The molecule has 5 nitrogen and oxygen atoms in total. The number of hydrogen-bond acceptors (Lipinski definition) is 4. The van der Waals surface area contributed by atoms with Crippen LogP contribution in [0, 0.1) is 0 Å². The van der Waals surface area contributed by atoms with Crippen molar-refractivity contribution in [2.45, 2.75) is 62.3 Å². The molecule has 1 aromatic rings. The average molecular weight is 357 g/mol. The molecule has 2 aliphatic rings. The van der Waals surface area contributed by atoms with E-state index in [-0.39, 0.29) is 16.8 Å². The summed E-state index contributed by atoms with van der Waals surface area (Å²) >= 11 is 1.22. The molecular weight excluding hydrogens is 332 g/mol. The SMILES string of the molecule is O=C(NC1CCCCC1)c1cc(S(=O)(=O)N2CCCCC2)cs1. The van der Waals surface area contributed by atoms with Crippen molar-refractivity contribution < 1.29 is 13.2 Å². The lowest BCUT2D eigenvalue weighted by molar-refractivity contribution is 0.0931. The van der Waals surface area contributed by atoms with Crippen LogP contribution in [-0.2, 0) is 10.0 Å². The summed E-state index contributed by atoms with van der Waals surface area (Å²) in [7, 11) is -3.44. The monoisotopic (exact) mass is 356 g/mol. The van der Waals surface area contributed by atoms with Gasteiger partial charge in [-0.05, 0) is 31.7 Å². The Hall–Kier alpha value is -0.920. The van der Waals surface area contributed by atoms with Gasteiger partial charge in [-0.2, -0.15) is 4.31 Å². The van der Waals surface area contributed by atoms with E-state index < -0.39 is 10.0 Å². The third-order valence-electron chi connectivity index (χ3n) is 4.69. The lowest BCUT2D eigenvalue weighted by Crippen LogP contribution is -2.36. The second-order valence-corrected chi connectivity index (χ2v) is 9.27. The summed E-state index contributed by atoms with van der Waals surface area (Å²) in [5.74, 6) is -0.137. The standard InChI is InChI=1S/C16H24N2O3S2/c19-16(17-13-7-3-1-4-8-13)15-11-14(12-22-15)23(20,21)18-9-5-2-6-10-18/h11-13H,1-10H2,(H,17,19). The molecule has 3 rings (SSSR count). The Kier molecular flexibility index (Phi) is 5.38. The van der Waals surface area contributed by atoms with Crippen molar-refractivity contribution in [3.8, 4) is 0 Å². The molecule has 1 N–H and O–H groups in total. The highest BCUT2D eigenvalue weighted by atomic mass is 32.2. The minimum absolute atomic E-state index is 0.137. The molecule has 0 bridgehead atoms.